The van der Waals surface area contributed by atoms with Gasteiger partial charge in [0.25, 0.3) is 5.91 Å². The summed E-state index contributed by atoms with van der Waals surface area (Å²) in [4.78, 5) is 46.2. The van der Waals surface area contributed by atoms with Gasteiger partial charge in [0.05, 0.1) is 39.9 Å². The van der Waals surface area contributed by atoms with Crippen LogP contribution in [0, 0.1) is 11.3 Å². The summed E-state index contributed by atoms with van der Waals surface area (Å²) in [5.74, 6) is 0.375. The zero-order valence-electron chi connectivity index (χ0n) is 28.5. The Labute approximate surface area is 290 Å². The maximum absolute atomic E-state index is 13.0. The Hall–Kier alpha value is -5.19. The van der Waals surface area contributed by atoms with Crippen molar-refractivity contribution in [1.29, 1.82) is 5.26 Å². The van der Waals surface area contributed by atoms with Crippen LogP contribution in [-0.4, -0.2) is 68.0 Å². The standard InChI is InChI=1S/C22H21ClN6O.C13H19N3O3/c1-25-17-8-4-6-14(20(17)23)13-5-3-7-16(15(13)11-24)28-22(30)21-27-18-12-26-10-9-19(18)29(21)2;1-13(2,3)19-12(18)16-6-5-10-9(7-16)14-11(8-17)15(10)4/h3-8,25-26H,9-10,12H2,1-2H3,(H,28,30);8H,5-7H2,1-4H3. The number of nitrogens with zero attached hydrogens (tertiary/aromatic N) is 6. The lowest BCUT2D eigenvalue weighted by Gasteiger charge is -2.29. The summed E-state index contributed by atoms with van der Waals surface area (Å²) in [5, 5.41) is 19.5. The van der Waals surface area contributed by atoms with E-state index < -0.39 is 5.60 Å². The molecule has 0 bridgehead atoms. The highest BCUT2D eigenvalue weighted by Gasteiger charge is 2.29. The predicted octanol–water partition coefficient (Wildman–Crippen LogP) is 5.08. The van der Waals surface area contributed by atoms with Crippen molar-refractivity contribution in [3.05, 3.63) is 81.4 Å². The van der Waals surface area contributed by atoms with Crippen LogP contribution >= 0.6 is 11.6 Å². The molecule has 0 atom stereocenters. The highest BCUT2D eigenvalue weighted by molar-refractivity contribution is 6.36. The van der Waals surface area contributed by atoms with Crippen molar-refractivity contribution in [1.82, 2.24) is 29.3 Å². The molecule has 2 aliphatic rings. The van der Waals surface area contributed by atoms with E-state index in [9.17, 15) is 19.6 Å². The van der Waals surface area contributed by atoms with Gasteiger partial charge in [0.1, 0.15) is 11.7 Å². The third-order valence-electron chi connectivity index (χ3n) is 8.36. The van der Waals surface area contributed by atoms with E-state index in [0.717, 1.165) is 53.3 Å². The van der Waals surface area contributed by atoms with Crippen molar-refractivity contribution in [2.75, 3.05) is 30.8 Å². The summed E-state index contributed by atoms with van der Waals surface area (Å²) < 4.78 is 8.95. The van der Waals surface area contributed by atoms with E-state index in [4.69, 9.17) is 16.3 Å². The molecule has 0 saturated carbocycles. The first-order valence-corrected chi connectivity index (χ1v) is 16.3. The van der Waals surface area contributed by atoms with E-state index in [2.05, 4.69) is 32.0 Å². The van der Waals surface area contributed by atoms with Gasteiger partial charge in [-0.15, -0.1) is 0 Å². The average Bonchev–Trinajstić information content (AvgIpc) is 3.59. The minimum absolute atomic E-state index is 0.327. The lowest BCUT2D eigenvalue weighted by molar-refractivity contribution is 0.0220. The number of imidazole rings is 2. The van der Waals surface area contributed by atoms with Crippen LogP contribution in [-0.2, 0) is 44.8 Å². The third-order valence-corrected chi connectivity index (χ3v) is 8.77. The number of anilines is 2. The summed E-state index contributed by atoms with van der Waals surface area (Å²) >= 11 is 6.53. The van der Waals surface area contributed by atoms with Gasteiger partial charge in [-0.05, 0) is 32.9 Å². The van der Waals surface area contributed by atoms with Crippen molar-refractivity contribution in [2.45, 2.75) is 52.3 Å². The van der Waals surface area contributed by atoms with Crippen LogP contribution in [0.25, 0.3) is 11.1 Å². The van der Waals surface area contributed by atoms with Gasteiger partial charge in [-0.1, -0.05) is 35.9 Å². The number of benzene rings is 2. The molecule has 0 fully saturated rings. The molecule has 0 aliphatic carbocycles. The van der Waals surface area contributed by atoms with Crippen molar-refractivity contribution in [3.8, 4) is 17.2 Å². The topological polar surface area (TPSA) is 159 Å². The van der Waals surface area contributed by atoms with Crippen molar-refractivity contribution in [3.63, 3.8) is 0 Å². The molecule has 4 aromatic rings. The van der Waals surface area contributed by atoms with Crippen LogP contribution in [0.15, 0.2) is 36.4 Å². The molecule has 49 heavy (non-hydrogen) atoms. The number of nitriles is 1. The normalized spacial score (nSPS) is 13.6. The molecule has 0 unspecified atom stereocenters. The number of aldehydes is 1. The highest BCUT2D eigenvalue weighted by atomic mass is 35.5. The molecule has 6 rings (SSSR count). The van der Waals surface area contributed by atoms with Gasteiger partial charge in [-0.25, -0.2) is 14.8 Å². The molecule has 2 aromatic heterocycles. The molecule has 2 aromatic carbocycles. The fourth-order valence-corrected chi connectivity index (χ4v) is 6.23. The number of nitrogens with one attached hydrogen (secondary N) is 3. The molecule has 0 radical (unpaired) electrons. The highest BCUT2D eigenvalue weighted by Crippen LogP contribution is 2.37. The van der Waals surface area contributed by atoms with Gasteiger partial charge in [0.2, 0.25) is 0 Å². The second-order valence-electron chi connectivity index (χ2n) is 12.7. The maximum Gasteiger partial charge on any atom is 0.410 e. The van der Waals surface area contributed by atoms with E-state index in [1.807, 2.05) is 63.7 Å². The molecular weight excluding hydrogens is 646 g/mol. The Morgan fingerprint density at radius 1 is 1.02 bits per heavy atom. The minimum atomic E-state index is -0.505. The minimum Gasteiger partial charge on any atom is -0.444 e. The molecule has 2 aliphatic heterocycles. The lowest BCUT2D eigenvalue weighted by Crippen LogP contribution is -2.40. The van der Waals surface area contributed by atoms with E-state index in [1.54, 1.807) is 28.6 Å². The second kappa shape index (κ2) is 14.5. The molecule has 2 amide bonds. The first-order valence-electron chi connectivity index (χ1n) is 15.9. The van der Waals surface area contributed by atoms with Crippen molar-refractivity contribution in [2.24, 2.45) is 14.1 Å². The van der Waals surface area contributed by atoms with E-state index in [-0.39, 0.29) is 12.0 Å². The first kappa shape index (κ1) is 35.1. The van der Waals surface area contributed by atoms with Gasteiger partial charge in [0.15, 0.2) is 17.9 Å². The molecule has 0 saturated heterocycles. The number of hydrogen-bond donors (Lipinski definition) is 3. The number of amides is 2. The van der Waals surface area contributed by atoms with E-state index >= 15 is 0 Å². The Balaban J connectivity index is 0.000000212. The molecule has 3 N–H and O–H groups in total. The number of halogens is 1. The van der Waals surface area contributed by atoms with Crippen LogP contribution in [0.5, 0.6) is 0 Å². The SMILES string of the molecule is CNc1cccc(-c2cccc(NC(=O)c3nc4c(n3C)CCNC4)c2C#N)c1Cl.Cn1c(C=O)nc2c1CCN(C(=O)OC(C)(C)C)C2. The van der Waals surface area contributed by atoms with Crippen LogP contribution in [0.1, 0.15) is 70.3 Å². The zero-order chi connectivity index (χ0) is 35.5. The number of carbonyl (C=O) groups is 3. The van der Waals surface area contributed by atoms with Gasteiger partial charge in [-0.3, -0.25) is 9.59 Å². The summed E-state index contributed by atoms with van der Waals surface area (Å²) in [6.45, 7) is 8.00. The molecule has 13 nitrogen and oxygen atoms in total. The number of ether oxygens (including phenoxy) is 1. The number of rotatable bonds is 5. The Kier molecular flexibility index (Phi) is 10.4. The fourth-order valence-electron chi connectivity index (χ4n) is 5.91. The smallest absolute Gasteiger partial charge is 0.410 e. The zero-order valence-corrected chi connectivity index (χ0v) is 29.2. The van der Waals surface area contributed by atoms with Crippen LogP contribution in [0.3, 0.4) is 0 Å². The second-order valence-corrected chi connectivity index (χ2v) is 13.1. The van der Waals surface area contributed by atoms with Crippen LogP contribution < -0.4 is 16.0 Å². The average molecular weight is 686 g/mol. The monoisotopic (exact) mass is 685 g/mol. The molecular formula is C35H40ClN9O4. The molecule has 256 valence electrons. The summed E-state index contributed by atoms with van der Waals surface area (Å²) in [6, 6.07) is 13.1. The van der Waals surface area contributed by atoms with Gasteiger partial charge < -0.3 is 34.7 Å². The maximum atomic E-state index is 13.0. The number of hydrogen-bond acceptors (Lipinski definition) is 9. The summed E-state index contributed by atoms with van der Waals surface area (Å²) in [7, 11) is 5.45. The fraction of sp³-hybridized carbons (Fsp3) is 0.371. The Bertz CT molecular complexity index is 1950. The number of fused-ring (bicyclic) bond motifs is 2. The van der Waals surface area contributed by atoms with E-state index in [1.165, 1.54) is 0 Å². The van der Waals surface area contributed by atoms with Crippen LogP contribution in [0.2, 0.25) is 5.02 Å². The van der Waals surface area contributed by atoms with Crippen molar-refractivity contribution >= 4 is 41.3 Å². The van der Waals surface area contributed by atoms with Crippen LogP contribution in [0.4, 0.5) is 16.2 Å². The Morgan fingerprint density at radius 3 is 2.37 bits per heavy atom. The molecule has 0 spiro atoms. The van der Waals surface area contributed by atoms with Gasteiger partial charge in [-0.2, -0.15) is 5.26 Å². The third kappa shape index (κ3) is 7.45. The predicted molar refractivity (Wildman–Crippen MR) is 187 cm³/mol. The van der Waals surface area contributed by atoms with Gasteiger partial charge in [0, 0.05) is 76.1 Å². The largest absolute Gasteiger partial charge is 0.444 e. The molecule has 14 heteroatoms. The number of aromatic nitrogens is 4. The number of carbonyl (C=O) groups excluding carboxylic acids is 3. The summed E-state index contributed by atoms with van der Waals surface area (Å²) in [6.07, 6.45) is 1.91. The van der Waals surface area contributed by atoms with E-state index in [0.29, 0.717) is 59.5 Å². The Morgan fingerprint density at radius 2 is 1.71 bits per heavy atom. The quantitative estimate of drug-likeness (QED) is 0.244. The van der Waals surface area contributed by atoms with Crippen molar-refractivity contribution < 1.29 is 19.1 Å². The molecule has 4 heterocycles. The first-order chi connectivity index (χ1) is 23.4. The van der Waals surface area contributed by atoms with Gasteiger partial charge >= 0.3 is 6.09 Å². The lowest BCUT2D eigenvalue weighted by atomic mass is 9.98. The summed E-state index contributed by atoms with van der Waals surface area (Å²) in [5.41, 5.74) is 6.14.